The van der Waals surface area contributed by atoms with Crippen LogP contribution in [0.5, 0.6) is 0 Å². The lowest BCUT2D eigenvalue weighted by Gasteiger charge is -2.08. The molecule has 4 heteroatoms. The molecule has 0 unspecified atom stereocenters. The number of Topliss-reactive ketones (excluding diaryl/α,β-unsaturated/α-hetero) is 1. The molecule has 0 bridgehead atoms. The van der Waals surface area contributed by atoms with Gasteiger partial charge in [-0.3, -0.25) is 4.79 Å². The van der Waals surface area contributed by atoms with E-state index in [4.69, 9.17) is 0 Å². The fourth-order valence-electron chi connectivity index (χ4n) is 2.06. The summed E-state index contributed by atoms with van der Waals surface area (Å²) in [5, 5.41) is 1.76. The molecule has 18 heavy (non-hydrogen) atoms. The van der Waals surface area contributed by atoms with Crippen LogP contribution in [0.25, 0.3) is 10.8 Å². The van der Waals surface area contributed by atoms with Gasteiger partial charge in [0.2, 0.25) is 0 Å². The maximum atomic E-state index is 12.1. The number of aryl methyl sites for hydroxylation is 1. The van der Waals surface area contributed by atoms with Crippen molar-refractivity contribution in [3.63, 3.8) is 0 Å². The molecule has 0 saturated carbocycles. The molecule has 0 radical (unpaired) electrons. The van der Waals surface area contributed by atoms with Crippen LogP contribution in [0.2, 0.25) is 0 Å². The Morgan fingerprint density at radius 1 is 1.11 bits per heavy atom. The van der Waals surface area contributed by atoms with Gasteiger partial charge in [0.15, 0.2) is 15.6 Å². The van der Waals surface area contributed by atoms with Gasteiger partial charge in [0, 0.05) is 11.8 Å². The summed E-state index contributed by atoms with van der Waals surface area (Å²) in [5.74, 6) is -0.784. The first-order valence-corrected chi connectivity index (χ1v) is 7.64. The van der Waals surface area contributed by atoms with Gasteiger partial charge in [-0.2, -0.15) is 0 Å². The van der Waals surface area contributed by atoms with Crippen LogP contribution in [0.3, 0.4) is 0 Å². The Kier molecular flexibility index (Phi) is 3.22. The van der Waals surface area contributed by atoms with Crippen molar-refractivity contribution in [2.75, 3.05) is 12.0 Å². The summed E-state index contributed by atoms with van der Waals surface area (Å²) in [5.41, 5.74) is 1.32. The lowest BCUT2D eigenvalue weighted by molar-refractivity contribution is 0.102. The fourth-order valence-corrected chi connectivity index (χ4v) is 2.68. The quantitative estimate of drug-likeness (QED) is 0.798. The average Bonchev–Trinajstić information content (AvgIpc) is 2.26. The Bertz CT molecular complexity index is 715. The molecule has 0 aromatic heterocycles. The van der Waals surface area contributed by atoms with Gasteiger partial charge in [-0.05, 0) is 23.3 Å². The zero-order chi connectivity index (χ0) is 13.3. The van der Waals surface area contributed by atoms with Gasteiger partial charge in [-0.15, -0.1) is 0 Å². The highest BCUT2D eigenvalue weighted by molar-refractivity contribution is 7.91. The van der Waals surface area contributed by atoms with Gasteiger partial charge < -0.3 is 0 Å². The number of hydrogen-bond donors (Lipinski definition) is 0. The van der Waals surface area contributed by atoms with E-state index < -0.39 is 15.6 Å². The van der Waals surface area contributed by atoms with Crippen molar-refractivity contribution in [2.24, 2.45) is 0 Å². The lowest BCUT2D eigenvalue weighted by atomic mass is 9.97. The number of fused-ring (bicyclic) bond motifs is 1. The van der Waals surface area contributed by atoms with E-state index in [2.05, 4.69) is 0 Å². The van der Waals surface area contributed by atoms with Crippen molar-refractivity contribution >= 4 is 26.4 Å². The molecule has 0 N–H and O–H groups in total. The van der Waals surface area contributed by atoms with Gasteiger partial charge in [-0.1, -0.05) is 36.4 Å². The molecule has 0 aliphatic carbocycles. The van der Waals surface area contributed by atoms with E-state index in [-0.39, 0.29) is 5.78 Å². The van der Waals surface area contributed by atoms with Crippen LogP contribution in [0, 0.1) is 6.92 Å². The van der Waals surface area contributed by atoms with E-state index >= 15 is 0 Å². The SMILES string of the molecule is Cc1ccc2ccccc2c1C(=O)CS(C)(=O)=O. The van der Waals surface area contributed by atoms with E-state index in [9.17, 15) is 13.2 Å². The van der Waals surface area contributed by atoms with Crippen LogP contribution in [0.1, 0.15) is 15.9 Å². The number of rotatable bonds is 3. The molecule has 0 amide bonds. The fraction of sp³-hybridized carbons (Fsp3) is 0.214. The highest BCUT2D eigenvalue weighted by Gasteiger charge is 2.17. The smallest absolute Gasteiger partial charge is 0.178 e. The van der Waals surface area contributed by atoms with Crippen molar-refractivity contribution in [1.82, 2.24) is 0 Å². The second kappa shape index (κ2) is 4.53. The third kappa shape index (κ3) is 2.59. The summed E-state index contributed by atoms with van der Waals surface area (Å²) >= 11 is 0. The molecule has 0 heterocycles. The van der Waals surface area contributed by atoms with Gasteiger partial charge in [0.25, 0.3) is 0 Å². The number of benzene rings is 2. The third-order valence-electron chi connectivity index (χ3n) is 2.81. The first-order chi connectivity index (χ1) is 8.38. The molecule has 3 nitrogen and oxygen atoms in total. The van der Waals surface area contributed by atoms with E-state index in [1.807, 2.05) is 43.3 Å². The molecule has 0 saturated heterocycles. The standard InChI is InChI=1S/C14H14O3S/c1-10-7-8-11-5-3-4-6-12(11)14(10)13(15)9-18(2,16)17/h3-8H,9H2,1-2H3. The molecule has 0 spiro atoms. The van der Waals surface area contributed by atoms with Crippen molar-refractivity contribution < 1.29 is 13.2 Å². The number of sulfone groups is 1. The van der Waals surface area contributed by atoms with E-state index in [1.54, 1.807) is 0 Å². The minimum atomic E-state index is -3.31. The topological polar surface area (TPSA) is 51.2 Å². The first-order valence-electron chi connectivity index (χ1n) is 5.58. The van der Waals surface area contributed by atoms with Crippen LogP contribution < -0.4 is 0 Å². The molecule has 2 aromatic rings. The maximum Gasteiger partial charge on any atom is 0.178 e. The number of ketones is 1. The summed E-state index contributed by atoms with van der Waals surface area (Å²) in [7, 11) is -3.31. The van der Waals surface area contributed by atoms with Crippen LogP contribution in [-0.2, 0) is 9.84 Å². The largest absolute Gasteiger partial charge is 0.293 e. The Morgan fingerprint density at radius 3 is 2.44 bits per heavy atom. The van der Waals surface area contributed by atoms with Gasteiger partial charge in [0.1, 0.15) is 5.75 Å². The molecular formula is C14H14O3S. The number of carbonyl (C=O) groups is 1. The summed E-state index contributed by atoms with van der Waals surface area (Å²) < 4.78 is 22.5. The summed E-state index contributed by atoms with van der Waals surface area (Å²) in [6.07, 6.45) is 1.07. The summed E-state index contributed by atoms with van der Waals surface area (Å²) in [6.45, 7) is 1.82. The van der Waals surface area contributed by atoms with E-state index in [0.29, 0.717) is 5.56 Å². The third-order valence-corrected chi connectivity index (χ3v) is 3.60. The Morgan fingerprint density at radius 2 is 1.78 bits per heavy atom. The molecular weight excluding hydrogens is 248 g/mol. The van der Waals surface area contributed by atoms with Gasteiger partial charge in [-0.25, -0.2) is 8.42 Å². The average molecular weight is 262 g/mol. The predicted molar refractivity (Wildman–Crippen MR) is 72.7 cm³/mol. The highest BCUT2D eigenvalue weighted by Crippen LogP contribution is 2.22. The predicted octanol–water partition coefficient (Wildman–Crippen LogP) is 2.38. The zero-order valence-electron chi connectivity index (χ0n) is 10.3. The van der Waals surface area contributed by atoms with Crippen molar-refractivity contribution in [1.29, 1.82) is 0 Å². The van der Waals surface area contributed by atoms with E-state index in [0.717, 1.165) is 22.6 Å². The second-order valence-corrected chi connectivity index (χ2v) is 6.61. The Labute approximate surface area is 106 Å². The molecule has 94 valence electrons. The molecule has 2 rings (SSSR count). The Hall–Kier alpha value is -1.68. The van der Waals surface area contributed by atoms with Crippen LogP contribution >= 0.6 is 0 Å². The summed E-state index contributed by atoms with van der Waals surface area (Å²) in [6, 6.07) is 11.3. The van der Waals surface area contributed by atoms with Crippen molar-refractivity contribution in [3.8, 4) is 0 Å². The second-order valence-electron chi connectivity index (χ2n) is 4.47. The molecule has 0 aliphatic rings. The molecule has 2 aromatic carbocycles. The minimum Gasteiger partial charge on any atom is -0.293 e. The normalized spacial score (nSPS) is 11.7. The Balaban J connectivity index is 2.63. The monoisotopic (exact) mass is 262 g/mol. The highest BCUT2D eigenvalue weighted by atomic mass is 32.2. The lowest BCUT2D eigenvalue weighted by Crippen LogP contribution is -2.16. The van der Waals surface area contributed by atoms with Crippen molar-refractivity contribution in [2.45, 2.75) is 6.92 Å². The van der Waals surface area contributed by atoms with Gasteiger partial charge >= 0.3 is 0 Å². The van der Waals surface area contributed by atoms with Crippen LogP contribution in [-0.4, -0.2) is 26.2 Å². The van der Waals surface area contributed by atoms with Crippen LogP contribution in [0.4, 0.5) is 0 Å². The van der Waals surface area contributed by atoms with Gasteiger partial charge in [0.05, 0.1) is 0 Å². The van der Waals surface area contributed by atoms with Crippen molar-refractivity contribution in [3.05, 3.63) is 47.5 Å². The molecule has 0 aliphatic heterocycles. The van der Waals surface area contributed by atoms with E-state index in [1.165, 1.54) is 0 Å². The maximum absolute atomic E-state index is 12.1. The molecule has 0 atom stereocenters. The first kappa shape index (κ1) is 12.8. The van der Waals surface area contributed by atoms with Crippen LogP contribution in [0.15, 0.2) is 36.4 Å². The number of carbonyl (C=O) groups excluding carboxylic acids is 1. The number of hydrogen-bond acceptors (Lipinski definition) is 3. The zero-order valence-corrected chi connectivity index (χ0v) is 11.1. The minimum absolute atomic E-state index is 0.341. The molecule has 0 fully saturated rings. The summed E-state index contributed by atoms with van der Waals surface area (Å²) in [4.78, 5) is 12.1.